The molecule has 0 saturated carbocycles. The number of aryl methyl sites for hydroxylation is 1. The van der Waals surface area contributed by atoms with Gasteiger partial charge < -0.3 is 0 Å². The second-order valence-corrected chi connectivity index (χ2v) is 5.53. The zero-order chi connectivity index (χ0) is 9.97. The molecule has 0 atom stereocenters. The van der Waals surface area contributed by atoms with Crippen LogP contribution in [0.4, 0.5) is 0 Å². The number of hydrogen-bond acceptors (Lipinski definition) is 6. The van der Waals surface area contributed by atoms with Crippen molar-refractivity contribution >= 4 is 40.9 Å². The Labute approximate surface area is 93.4 Å². The van der Waals surface area contributed by atoms with Gasteiger partial charge in [-0.15, -0.1) is 11.3 Å². The van der Waals surface area contributed by atoms with Gasteiger partial charge in [-0.1, -0.05) is 11.8 Å². The van der Waals surface area contributed by atoms with Crippen LogP contribution in [0.3, 0.4) is 0 Å². The van der Waals surface area contributed by atoms with Gasteiger partial charge in [0.1, 0.15) is 5.82 Å². The van der Waals surface area contributed by atoms with Gasteiger partial charge in [0, 0.05) is 10.3 Å². The third-order valence-corrected chi connectivity index (χ3v) is 4.25. The molecular weight excluding hydrogens is 236 g/mol. The summed E-state index contributed by atoms with van der Waals surface area (Å²) in [7, 11) is 0. The number of carbonyl (C=O) groups excluding carboxylic acids is 1. The Bertz CT molecular complexity index is 449. The molecule has 0 radical (unpaired) electrons. The van der Waals surface area contributed by atoms with Crippen LogP contribution in [0.1, 0.15) is 15.5 Å². The van der Waals surface area contributed by atoms with Crippen LogP contribution in [-0.4, -0.2) is 15.6 Å². The summed E-state index contributed by atoms with van der Waals surface area (Å²) in [5, 5.41) is 1.95. The lowest BCUT2D eigenvalue weighted by Crippen LogP contribution is -1.72. The van der Waals surface area contributed by atoms with Crippen LogP contribution in [0.15, 0.2) is 20.7 Å². The summed E-state index contributed by atoms with van der Waals surface area (Å²) in [4.78, 5) is 16.5. The summed E-state index contributed by atoms with van der Waals surface area (Å²) in [5.41, 5.74) is 0. The molecule has 6 heteroatoms. The molecule has 0 fully saturated rings. The largest absolute Gasteiger partial charge is 0.297 e. The number of rotatable bonds is 3. The smallest absolute Gasteiger partial charge is 0.174 e. The molecule has 0 aliphatic rings. The summed E-state index contributed by atoms with van der Waals surface area (Å²) in [6.45, 7) is 1.87. The lowest BCUT2D eigenvalue weighted by Gasteiger charge is -1.88. The molecule has 2 aromatic heterocycles. The normalized spacial score (nSPS) is 10.4. The molecule has 0 N–H and O–H groups in total. The van der Waals surface area contributed by atoms with Crippen molar-refractivity contribution in [2.24, 2.45) is 0 Å². The monoisotopic (exact) mass is 242 g/mol. The molecule has 14 heavy (non-hydrogen) atoms. The number of thiophene rings is 1. The van der Waals surface area contributed by atoms with Gasteiger partial charge in [-0.05, 0) is 24.5 Å². The maximum atomic E-state index is 10.5. The minimum atomic E-state index is 0.744. The van der Waals surface area contributed by atoms with E-state index in [4.69, 9.17) is 0 Å². The van der Waals surface area contributed by atoms with E-state index in [1.807, 2.05) is 18.4 Å². The van der Waals surface area contributed by atoms with E-state index >= 15 is 0 Å². The van der Waals surface area contributed by atoms with E-state index in [-0.39, 0.29) is 0 Å². The molecular formula is C8H6N2OS3. The highest BCUT2D eigenvalue weighted by Gasteiger charge is 2.05. The van der Waals surface area contributed by atoms with E-state index in [1.165, 1.54) is 22.9 Å². The van der Waals surface area contributed by atoms with Crippen LogP contribution in [-0.2, 0) is 0 Å². The predicted molar refractivity (Wildman–Crippen MR) is 58.5 cm³/mol. The molecule has 2 rings (SSSR count). The number of aldehydes is 1. The number of aromatic nitrogens is 2. The molecule has 0 spiro atoms. The first kappa shape index (κ1) is 9.82. The Kier molecular flexibility index (Phi) is 2.95. The first-order chi connectivity index (χ1) is 6.78. The van der Waals surface area contributed by atoms with Crippen LogP contribution in [0.2, 0.25) is 0 Å². The Balaban J connectivity index is 2.14. The average molecular weight is 242 g/mol. The highest BCUT2D eigenvalue weighted by Crippen LogP contribution is 2.31. The van der Waals surface area contributed by atoms with E-state index in [0.717, 1.165) is 26.2 Å². The van der Waals surface area contributed by atoms with E-state index in [2.05, 4.69) is 9.36 Å². The van der Waals surface area contributed by atoms with E-state index < -0.39 is 0 Å². The van der Waals surface area contributed by atoms with Crippen LogP contribution >= 0.6 is 34.6 Å². The SMILES string of the molecule is Cc1nsc(Sc2csc(C=O)c2)n1. The standard InChI is InChI=1S/C8H6N2OS3/c1-5-9-8(14-10-5)13-7-2-6(3-11)12-4-7/h2-4H,1H3. The minimum Gasteiger partial charge on any atom is -0.297 e. The van der Waals surface area contributed by atoms with Crippen molar-refractivity contribution in [2.45, 2.75) is 16.2 Å². The van der Waals surface area contributed by atoms with Gasteiger partial charge in [-0.25, -0.2) is 4.98 Å². The van der Waals surface area contributed by atoms with Crippen molar-refractivity contribution in [3.05, 3.63) is 22.1 Å². The predicted octanol–water partition coefficient (Wildman–Crippen LogP) is 2.87. The summed E-state index contributed by atoms with van der Waals surface area (Å²) in [6.07, 6.45) is 0.861. The van der Waals surface area contributed by atoms with Gasteiger partial charge >= 0.3 is 0 Å². The topological polar surface area (TPSA) is 42.9 Å². The van der Waals surface area contributed by atoms with Crippen molar-refractivity contribution in [2.75, 3.05) is 0 Å². The molecule has 3 nitrogen and oxygen atoms in total. The molecule has 0 aliphatic carbocycles. The lowest BCUT2D eigenvalue weighted by molar-refractivity contribution is 0.112. The number of nitrogens with zero attached hydrogens (tertiary/aromatic N) is 2. The summed E-state index contributed by atoms with van der Waals surface area (Å²) in [6, 6.07) is 1.86. The van der Waals surface area contributed by atoms with E-state index in [9.17, 15) is 4.79 Å². The van der Waals surface area contributed by atoms with Crippen molar-refractivity contribution in [1.82, 2.24) is 9.36 Å². The number of hydrogen-bond donors (Lipinski definition) is 0. The molecule has 0 aliphatic heterocycles. The zero-order valence-electron chi connectivity index (χ0n) is 7.26. The Morgan fingerprint density at radius 2 is 2.43 bits per heavy atom. The van der Waals surface area contributed by atoms with Crippen LogP contribution < -0.4 is 0 Å². The molecule has 2 heterocycles. The van der Waals surface area contributed by atoms with Crippen LogP contribution in [0, 0.1) is 6.92 Å². The summed E-state index contributed by atoms with van der Waals surface area (Å²) in [5.74, 6) is 0.795. The van der Waals surface area contributed by atoms with E-state index in [0.29, 0.717) is 0 Å². The quantitative estimate of drug-likeness (QED) is 0.776. The summed E-state index contributed by atoms with van der Waals surface area (Å²) >= 11 is 4.36. The second-order valence-electron chi connectivity index (χ2n) is 2.51. The Hall–Kier alpha value is -0.720. The molecule has 0 aromatic carbocycles. The molecule has 2 aromatic rings. The first-order valence-corrected chi connectivity index (χ1v) is 6.27. The summed E-state index contributed by atoms with van der Waals surface area (Å²) < 4.78 is 5.00. The van der Waals surface area contributed by atoms with Crippen molar-refractivity contribution in [3.8, 4) is 0 Å². The highest BCUT2D eigenvalue weighted by atomic mass is 32.2. The molecule has 0 unspecified atom stereocenters. The van der Waals surface area contributed by atoms with Gasteiger partial charge in [0.25, 0.3) is 0 Å². The minimum absolute atomic E-state index is 0.744. The molecule has 72 valence electrons. The maximum absolute atomic E-state index is 10.5. The third kappa shape index (κ3) is 2.20. The molecule has 0 saturated heterocycles. The van der Waals surface area contributed by atoms with Crippen molar-refractivity contribution in [3.63, 3.8) is 0 Å². The van der Waals surface area contributed by atoms with Crippen LogP contribution in [0.25, 0.3) is 0 Å². The average Bonchev–Trinajstić information content (AvgIpc) is 2.76. The fourth-order valence-electron chi connectivity index (χ4n) is 0.870. The Morgan fingerprint density at radius 1 is 1.57 bits per heavy atom. The van der Waals surface area contributed by atoms with Crippen LogP contribution in [0.5, 0.6) is 0 Å². The van der Waals surface area contributed by atoms with Gasteiger partial charge in [-0.3, -0.25) is 4.79 Å². The van der Waals surface area contributed by atoms with Crippen molar-refractivity contribution < 1.29 is 4.79 Å². The van der Waals surface area contributed by atoms with Crippen molar-refractivity contribution in [1.29, 1.82) is 0 Å². The fraction of sp³-hybridized carbons (Fsp3) is 0.125. The number of carbonyl (C=O) groups is 1. The molecule has 0 amide bonds. The van der Waals surface area contributed by atoms with Gasteiger partial charge in [0.15, 0.2) is 10.6 Å². The second kappa shape index (κ2) is 4.20. The molecule has 0 bridgehead atoms. The van der Waals surface area contributed by atoms with Gasteiger partial charge in [0.2, 0.25) is 0 Å². The fourth-order valence-corrected chi connectivity index (χ4v) is 3.39. The highest BCUT2D eigenvalue weighted by molar-refractivity contribution is 8.01. The Morgan fingerprint density at radius 3 is 3.00 bits per heavy atom. The lowest BCUT2D eigenvalue weighted by atomic mass is 10.5. The third-order valence-electron chi connectivity index (χ3n) is 1.43. The van der Waals surface area contributed by atoms with E-state index in [1.54, 1.807) is 11.8 Å². The maximum Gasteiger partial charge on any atom is 0.174 e. The first-order valence-electron chi connectivity index (χ1n) is 3.80. The zero-order valence-corrected chi connectivity index (χ0v) is 9.71. The van der Waals surface area contributed by atoms with Gasteiger partial charge in [-0.2, -0.15) is 4.37 Å². The van der Waals surface area contributed by atoms with Gasteiger partial charge in [0.05, 0.1) is 4.88 Å².